The minimum Gasteiger partial charge on any atom is -0.376 e. The van der Waals surface area contributed by atoms with E-state index in [1.54, 1.807) is 24.3 Å². The number of hydrogen-bond acceptors (Lipinski definition) is 2. The number of rotatable bonds is 3. The first kappa shape index (κ1) is 12.4. The molecule has 0 radical (unpaired) electrons. The third-order valence-corrected chi connectivity index (χ3v) is 3.24. The van der Waals surface area contributed by atoms with E-state index in [-0.39, 0.29) is 18.1 Å². The first-order valence-electron chi connectivity index (χ1n) is 5.85. The molecular weight excluding hydrogens is 238 g/mol. The normalized spacial score (nSPS) is 21.2. The number of benzene rings is 1. The highest BCUT2D eigenvalue weighted by molar-refractivity contribution is 6.30. The largest absolute Gasteiger partial charge is 0.376 e. The lowest BCUT2D eigenvalue weighted by Gasteiger charge is -2.19. The van der Waals surface area contributed by atoms with E-state index in [0.717, 1.165) is 19.4 Å². The van der Waals surface area contributed by atoms with Crippen LogP contribution in [0.3, 0.4) is 0 Å². The zero-order chi connectivity index (χ0) is 12.3. The second-order valence-corrected chi connectivity index (χ2v) is 4.76. The minimum atomic E-state index is -0.0790. The molecule has 0 bridgehead atoms. The van der Waals surface area contributed by atoms with Gasteiger partial charge in [0.1, 0.15) is 0 Å². The van der Waals surface area contributed by atoms with Crippen LogP contribution in [-0.2, 0) is 4.74 Å². The van der Waals surface area contributed by atoms with Crippen LogP contribution in [0, 0.1) is 0 Å². The molecule has 1 amide bonds. The van der Waals surface area contributed by atoms with Crippen molar-refractivity contribution in [3.05, 3.63) is 34.9 Å². The van der Waals surface area contributed by atoms with Gasteiger partial charge in [-0.1, -0.05) is 11.6 Å². The van der Waals surface area contributed by atoms with Crippen LogP contribution in [0.5, 0.6) is 0 Å². The molecule has 17 heavy (non-hydrogen) atoms. The SMILES string of the molecule is CC(NC(=O)c1ccc(Cl)cc1)C1CCCO1. The van der Waals surface area contributed by atoms with Crippen LogP contribution < -0.4 is 5.32 Å². The molecule has 4 heteroatoms. The average molecular weight is 254 g/mol. The molecule has 1 aromatic carbocycles. The van der Waals surface area contributed by atoms with E-state index in [1.165, 1.54) is 0 Å². The molecule has 0 aliphatic carbocycles. The van der Waals surface area contributed by atoms with Crippen LogP contribution in [0.1, 0.15) is 30.1 Å². The molecule has 0 spiro atoms. The van der Waals surface area contributed by atoms with Gasteiger partial charge >= 0.3 is 0 Å². The number of carbonyl (C=O) groups excluding carboxylic acids is 1. The van der Waals surface area contributed by atoms with Crippen molar-refractivity contribution in [2.45, 2.75) is 31.9 Å². The number of ether oxygens (including phenoxy) is 1. The first-order chi connectivity index (χ1) is 8.16. The van der Waals surface area contributed by atoms with Crippen LogP contribution in [0.25, 0.3) is 0 Å². The Hall–Kier alpha value is -1.06. The maximum absolute atomic E-state index is 11.9. The molecule has 1 saturated heterocycles. The summed E-state index contributed by atoms with van der Waals surface area (Å²) in [4.78, 5) is 11.9. The van der Waals surface area contributed by atoms with Gasteiger partial charge in [-0.2, -0.15) is 0 Å². The number of halogens is 1. The van der Waals surface area contributed by atoms with E-state index in [1.807, 2.05) is 6.92 Å². The molecule has 1 aliphatic rings. The average Bonchev–Trinajstić information content (AvgIpc) is 2.83. The summed E-state index contributed by atoms with van der Waals surface area (Å²) in [6.07, 6.45) is 2.24. The fourth-order valence-corrected chi connectivity index (χ4v) is 2.11. The summed E-state index contributed by atoms with van der Waals surface area (Å²) in [5.41, 5.74) is 0.624. The lowest BCUT2D eigenvalue weighted by molar-refractivity contribution is 0.0712. The van der Waals surface area contributed by atoms with Crippen molar-refractivity contribution in [1.29, 1.82) is 0 Å². The zero-order valence-electron chi connectivity index (χ0n) is 9.78. The van der Waals surface area contributed by atoms with Crippen molar-refractivity contribution in [3.8, 4) is 0 Å². The number of nitrogens with one attached hydrogen (secondary N) is 1. The monoisotopic (exact) mass is 253 g/mol. The van der Waals surface area contributed by atoms with Crippen molar-refractivity contribution >= 4 is 17.5 Å². The van der Waals surface area contributed by atoms with Crippen LogP contribution >= 0.6 is 11.6 Å². The summed E-state index contributed by atoms with van der Waals surface area (Å²) in [7, 11) is 0. The van der Waals surface area contributed by atoms with Crippen molar-refractivity contribution in [2.75, 3.05) is 6.61 Å². The highest BCUT2D eigenvalue weighted by Gasteiger charge is 2.23. The predicted molar refractivity (Wildman–Crippen MR) is 67.4 cm³/mol. The molecular formula is C13H16ClNO2. The molecule has 0 saturated carbocycles. The predicted octanol–water partition coefficient (Wildman–Crippen LogP) is 2.64. The third-order valence-electron chi connectivity index (χ3n) is 2.99. The molecule has 1 aromatic rings. The second-order valence-electron chi connectivity index (χ2n) is 4.32. The molecule has 92 valence electrons. The molecule has 1 aliphatic heterocycles. The van der Waals surface area contributed by atoms with Crippen LogP contribution in [0.4, 0.5) is 0 Å². The summed E-state index contributed by atoms with van der Waals surface area (Å²) < 4.78 is 5.53. The molecule has 1 N–H and O–H groups in total. The zero-order valence-corrected chi connectivity index (χ0v) is 10.5. The van der Waals surface area contributed by atoms with Crippen LogP contribution in [0.2, 0.25) is 5.02 Å². The van der Waals surface area contributed by atoms with Gasteiger partial charge in [0, 0.05) is 17.2 Å². The maximum atomic E-state index is 11.9. The van der Waals surface area contributed by atoms with E-state index in [4.69, 9.17) is 16.3 Å². The van der Waals surface area contributed by atoms with E-state index in [0.29, 0.717) is 10.6 Å². The summed E-state index contributed by atoms with van der Waals surface area (Å²) in [6, 6.07) is 6.92. The van der Waals surface area contributed by atoms with E-state index in [2.05, 4.69) is 5.32 Å². The minimum absolute atomic E-state index is 0.0423. The van der Waals surface area contributed by atoms with Crippen LogP contribution in [0.15, 0.2) is 24.3 Å². The fraction of sp³-hybridized carbons (Fsp3) is 0.462. The van der Waals surface area contributed by atoms with Crippen molar-refractivity contribution < 1.29 is 9.53 Å². The summed E-state index contributed by atoms with van der Waals surface area (Å²) >= 11 is 5.77. The highest BCUT2D eigenvalue weighted by Crippen LogP contribution is 2.16. The Morgan fingerprint density at radius 2 is 2.18 bits per heavy atom. The van der Waals surface area contributed by atoms with Gasteiger partial charge in [0.25, 0.3) is 5.91 Å². The standard InChI is InChI=1S/C13H16ClNO2/c1-9(12-3-2-8-17-12)15-13(16)10-4-6-11(14)7-5-10/h4-7,9,12H,2-3,8H2,1H3,(H,15,16). The summed E-state index contributed by atoms with van der Waals surface area (Å²) in [5, 5.41) is 3.58. The molecule has 2 rings (SSSR count). The maximum Gasteiger partial charge on any atom is 0.251 e. The van der Waals surface area contributed by atoms with Crippen molar-refractivity contribution in [2.24, 2.45) is 0 Å². The Bertz CT molecular complexity index is 385. The van der Waals surface area contributed by atoms with Crippen molar-refractivity contribution in [3.63, 3.8) is 0 Å². The second kappa shape index (κ2) is 5.52. The molecule has 1 heterocycles. The Balaban J connectivity index is 1.94. The number of amides is 1. The van der Waals surface area contributed by atoms with Gasteiger partial charge in [-0.05, 0) is 44.0 Å². The van der Waals surface area contributed by atoms with Gasteiger partial charge in [0.05, 0.1) is 12.1 Å². The molecule has 2 unspecified atom stereocenters. The Morgan fingerprint density at radius 1 is 1.47 bits per heavy atom. The molecule has 1 fully saturated rings. The highest BCUT2D eigenvalue weighted by atomic mass is 35.5. The lowest BCUT2D eigenvalue weighted by Crippen LogP contribution is -2.40. The van der Waals surface area contributed by atoms with E-state index < -0.39 is 0 Å². The van der Waals surface area contributed by atoms with Gasteiger partial charge in [-0.25, -0.2) is 0 Å². The number of hydrogen-bond donors (Lipinski definition) is 1. The fourth-order valence-electron chi connectivity index (χ4n) is 1.98. The van der Waals surface area contributed by atoms with Gasteiger partial charge in [-0.3, -0.25) is 4.79 Å². The summed E-state index contributed by atoms with van der Waals surface area (Å²) in [6.45, 7) is 2.77. The van der Waals surface area contributed by atoms with Gasteiger partial charge in [-0.15, -0.1) is 0 Å². The van der Waals surface area contributed by atoms with Gasteiger partial charge in [0.2, 0.25) is 0 Å². The Morgan fingerprint density at radius 3 is 2.76 bits per heavy atom. The van der Waals surface area contributed by atoms with E-state index in [9.17, 15) is 4.79 Å². The summed E-state index contributed by atoms with van der Waals surface area (Å²) in [5.74, 6) is -0.0790. The van der Waals surface area contributed by atoms with E-state index >= 15 is 0 Å². The Kier molecular flexibility index (Phi) is 4.02. The smallest absolute Gasteiger partial charge is 0.251 e. The third kappa shape index (κ3) is 3.20. The molecule has 3 nitrogen and oxygen atoms in total. The van der Waals surface area contributed by atoms with Crippen LogP contribution in [-0.4, -0.2) is 24.7 Å². The first-order valence-corrected chi connectivity index (χ1v) is 6.22. The van der Waals surface area contributed by atoms with Gasteiger partial charge < -0.3 is 10.1 Å². The molecule has 0 aromatic heterocycles. The number of carbonyl (C=O) groups is 1. The lowest BCUT2D eigenvalue weighted by atomic mass is 10.1. The quantitative estimate of drug-likeness (QED) is 0.899. The molecule has 2 atom stereocenters. The van der Waals surface area contributed by atoms with Gasteiger partial charge in [0.15, 0.2) is 0 Å². The topological polar surface area (TPSA) is 38.3 Å². The van der Waals surface area contributed by atoms with Crippen molar-refractivity contribution in [1.82, 2.24) is 5.32 Å². The Labute approximate surface area is 106 Å².